The van der Waals surface area contributed by atoms with Crippen molar-refractivity contribution >= 4 is 23.3 Å². The Morgan fingerprint density at radius 1 is 1.37 bits per heavy atom. The van der Waals surface area contributed by atoms with Gasteiger partial charge in [-0.15, -0.1) is 0 Å². The van der Waals surface area contributed by atoms with E-state index in [4.69, 9.17) is 11.6 Å². The standard InChI is InChI=1S/C14H16ClN3O/c1-8(2)12-7-13(18-17-12)16-14(19)10-5-4-9(3)11(15)6-10/h4-8H,1-3H3,(H2,16,17,18,19). The van der Waals surface area contributed by atoms with Gasteiger partial charge in [0, 0.05) is 22.3 Å². The number of halogens is 1. The lowest BCUT2D eigenvalue weighted by atomic mass is 10.1. The molecule has 0 atom stereocenters. The third-order valence-electron chi connectivity index (χ3n) is 2.90. The molecule has 0 saturated carbocycles. The molecule has 0 aliphatic heterocycles. The van der Waals surface area contributed by atoms with Crippen LogP contribution in [0.4, 0.5) is 5.82 Å². The smallest absolute Gasteiger partial charge is 0.256 e. The Morgan fingerprint density at radius 2 is 2.11 bits per heavy atom. The highest BCUT2D eigenvalue weighted by molar-refractivity contribution is 6.31. The van der Waals surface area contributed by atoms with Gasteiger partial charge in [0.05, 0.1) is 0 Å². The molecule has 0 aliphatic carbocycles. The molecule has 5 heteroatoms. The van der Waals surface area contributed by atoms with Gasteiger partial charge in [-0.2, -0.15) is 5.10 Å². The van der Waals surface area contributed by atoms with Crippen molar-refractivity contribution in [1.29, 1.82) is 0 Å². The van der Waals surface area contributed by atoms with E-state index in [9.17, 15) is 4.79 Å². The minimum atomic E-state index is -0.219. The molecule has 0 saturated heterocycles. The van der Waals surface area contributed by atoms with Gasteiger partial charge in [-0.1, -0.05) is 31.5 Å². The number of aromatic amines is 1. The SMILES string of the molecule is Cc1ccc(C(=O)Nc2cc(C(C)C)[nH]n2)cc1Cl. The van der Waals surface area contributed by atoms with E-state index in [1.807, 2.05) is 19.1 Å². The molecule has 0 aliphatic rings. The molecule has 19 heavy (non-hydrogen) atoms. The Hall–Kier alpha value is -1.81. The van der Waals surface area contributed by atoms with E-state index in [2.05, 4.69) is 29.4 Å². The average Bonchev–Trinajstić information content (AvgIpc) is 2.81. The molecule has 0 spiro atoms. The normalized spacial score (nSPS) is 10.8. The number of nitrogens with zero attached hydrogens (tertiary/aromatic N) is 1. The highest BCUT2D eigenvalue weighted by Crippen LogP contribution is 2.19. The highest BCUT2D eigenvalue weighted by atomic mass is 35.5. The summed E-state index contributed by atoms with van der Waals surface area (Å²) in [5.41, 5.74) is 2.45. The summed E-state index contributed by atoms with van der Waals surface area (Å²) in [5.74, 6) is 0.640. The summed E-state index contributed by atoms with van der Waals surface area (Å²) in [6.07, 6.45) is 0. The molecule has 100 valence electrons. The Balaban J connectivity index is 2.13. The zero-order chi connectivity index (χ0) is 14.0. The second-order valence-electron chi connectivity index (χ2n) is 4.78. The second-order valence-corrected chi connectivity index (χ2v) is 5.19. The summed E-state index contributed by atoms with van der Waals surface area (Å²) >= 11 is 6.00. The zero-order valence-corrected chi connectivity index (χ0v) is 11.9. The predicted molar refractivity (Wildman–Crippen MR) is 76.8 cm³/mol. The molecule has 4 nitrogen and oxygen atoms in total. The maximum atomic E-state index is 12.0. The van der Waals surface area contributed by atoms with Gasteiger partial charge in [-0.25, -0.2) is 0 Å². The fourth-order valence-electron chi connectivity index (χ4n) is 1.62. The minimum absolute atomic E-state index is 0.219. The third kappa shape index (κ3) is 3.15. The van der Waals surface area contributed by atoms with Gasteiger partial charge in [-0.3, -0.25) is 9.89 Å². The Morgan fingerprint density at radius 3 is 2.68 bits per heavy atom. The van der Waals surface area contributed by atoms with Gasteiger partial charge < -0.3 is 5.32 Å². The van der Waals surface area contributed by atoms with Crippen molar-refractivity contribution in [3.63, 3.8) is 0 Å². The van der Waals surface area contributed by atoms with Crippen molar-refractivity contribution in [3.05, 3.63) is 46.1 Å². The molecular weight excluding hydrogens is 262 g/mol. The van der Waals surface area contributed by atoms with Crippen LogP contribution >= 0.6 is 11.6 Å². The van der Waals surface area contributed by atoms with Crippen molar-refractivity contribution in [2.75, 3.05) is 5.32 Å². The first-order valence-electron chi connectivity index (χ1n) is 6.10. The summed E-state index contributed by atoms with van der Waals surface area (Å²) in [6, 6.07) is 7.05. The number of anilines is 1. The summed E-state index contributed by atoms with van der Waals surface area (Å²) in [4.78, 5) is 12.0. The van der Waals surface area contributed by atoms with E-state index >= 15 is 0 Å². The van der Waals surface area contributed by atoms with E-state index < -0.39 is 0 Å². The van der Waals surface area contributed by atoms with E-state index in [1.54, 1.807) is 12.1 Å². The highest BCUT2D eigenvalue weighted by Gasteiger charge is 2.10. The van der Waals surface area contributed by atoms with Gasteiger partial charge in [-0.05, 0) is 30.5 Å². The van der Waals surface area contributed by atoms with E-state index in [-0.39, 0.29) is 5.91 Å². The Labute approximate surface area is 117 Å². The van der Waals surface area contributed by atoms with E-state index in [1.165, 1.54) is 0 Å². The van der Waals surface area contributed by atoms with Crippen molar-refractivity contribution in [3.8, 4) is 0 Å². The molecule has 1 amide bonds. The first-order chi connectivity index (χ1) is 8.97. The van der Waals surface area contributed by atoms with Crippen LogP contribution in [0.2, 0.25) is 5.02 Å². The quantitative estimate of drug-likeness (QED) is 0.898. The molecular formula is C14H16ClN3O. The lowest BCUT2D eigenvalue weighted by Crippen LogP contribution is -2.12. The van der Waals surface area contributed by atoms with E-state index in [0.717, 1.165) is 11.3 Å². The van der Waals surface area contributed by atoms with Crippen LogP contribution in [0.15, 0.2) is 24.3 Å². The van der Waals surface area contributed by atoms with Crippen LogP contribution in [0.5, 0.6) is 0 Å². The van der Waals surface area contributed by atoms with Gasteiger partial charge in [0.2, 0.25) is 0 Å². The van der Waals surface area contributed by atoms with Crippen LogP contribution in [0.3, 0.4) is 0 Å². The number of carbonyl (C=O) groups is 1. The molecule has 2 N–H and O–H groups in total. The molecule has 1 aromatic carbocycles. The average molecular weight is 278 g/mol. The first kappa shape index (κ1) is 13.6. The Bertz CT molecular complexity index is 604. The molecule has 0 unspecified atom stereocenters. The monoisotopic (exact) mass is 277 g/mol. The third-order valence-corrected chi connectivity index (χ3v) is 3.30. The predicted octanol–water partition coefficient (Wildman–Crippen LogP) is 3.75. The molecule has 2 aromatic rings. The minimum Gasteiger partial charge on any atom is -0.305 e. The number of hydrogen-bond donors (Lipinski definition) is 2. The van der Waals surface area contributed by atoms with Crippen molar-refractivity contribution < 1.29 is 4.79 Å². The number of H-pyrrole nitrogens is 1. The fourth-order valence-corrected chi connectivity index (χ4v) is 1.80. The number of benzene rings is 1. The van der Waals surface area contributed by atoms with Crippen LogP contribution in [0.1, 0.15) is 41.4 Å². The molecule has 0 bridgehead atoms. The zero-order valence-electron chi connectivity index (χ0n) is 11.1. The van der Waals surface area contributed by atoms with Gasteiger partial charge >= 0.3 is 0 Å². The first-order valence-corrected chi connectivity index (χ1v) is 6.48. The van der Waals surface area contributed by atoms with Crippen molar-refractivity contribution in [2.45, 2.75) is 26.7 Å². The van der Waals surface area contributed by atoms with Gasteiger partial charge in [0.25, 0.3) is 5.91 Å². The summed E-state index contributed by atoms with van der Waals surface area (Å²) < 4.78 is 0. The molecule has 1 aromatic heterocycles. The second kappa shape index (κ2) is 5.45. The number of amides is 1. The number of aryl methyl sites for hydroxylation is 1. The maximum absolute atomic E-state index is 12.0. The Kier molecular flexibility index (Phi) is 3.90. The summed E-state index contributed by atoms with van der Waals surface area (Å²) in [7, 11) is 0. The van der Waals surface area contributed by atoms with Crippen LogP contribution in [-0.2, 0) is 0 Å². The van der Waals surface area contributed by atoms with Crippen LogP contribution in [0, 0.1) is 6.92 Å². The lowest BCUT2D eigenvalue weighted by Gasteiger charge is -2.04. The van der Waals surface area contributed by atoms with Crippen LogP contribution in [0.25, 0.3) is 0 Å². The number of rotatable bonds is 3. The molecule has 1 heterocycles. The topological polar surface area (TPSA) is 57.8 Å². The number of carbonyl (C=O) groups excluding carboxylic acids is 1. The largest absolute Gasteiger partial charge is 0.305 e. The molecule has 0 fully saturated rings. The molecule has 2 rings (SSSR count). The van der Waals surface area contributed by atoms with Crippen molar-refractivity contribution in [1.82, 2.24) is 10.2 Å². The number of hydrogen-bond acceptors (Lipinski definition) is 2. The molecule has 0 radical (unpaired) electrons. The number of aromatic nitrogens is 2. The fraction of sp³-hybridized carbons (Fsp3) is 0.286. The number of nitrogens with one attached hydrogen (secondary N) is 2. The van der Waals surface area contributed by atoms with Crippen LogP contribution < -0.4 is 5.32 Å². The van der Waals surface area contributed by atoms with Gasteiger partial charge in [0.15, 0.2) is 5.82 Å². The maximum Gasteiger partial charge on any atom is 0.256 e. The summed E-state index contributed by atoms with van der Waals surface area (Å²) in [5, 5.41) is 10.3. The van der Waals surface area contributed by atoms with Gasteiger partial charge in [0.1, 0.15) is 0 Å². The van der Waals surface area contributed by atoms with Crippen molar-refractivity contribution in [2.24, 2.45) is 0 Å². The summed E-state index contributed by atoms with van der Waals surface area (Å²) in [6.45, 7) is 6.00. The van der Waals surface area contributed by atoms with E-state index in [0.29, 0.717) is 22.3 Å². The van der Waals surface area contributed by atoms with Crippen LogP contribution in [-0.4, -0.2) is 16.1 Å². The lowest BCUT2D eigenvalue weighted by molar-refractivity contribution is 0.102.